The van der Waals surface area contributed by atoms with Gasteiger partial charge < -0.3 is 9.47 Å². The molecule has 0 unspecified atom stereocenters. The summed E-state index contributed by atoms with van der Waals surface area (Å²) < 4.78 is 35.3. The van der Waals surface area contributed by atoms with Gasteiger partial charge in [0.1, 0.15) is 6.61 Å². The predicted molar refractivity (Wildman–Crippen MR) is 99.1 cm³/mol. The van der Waals surface area contributed by atoms with E-state index in [0.717, 1.165) is 0 Å². The zero-order valence-electron chi connectivity index (χ0n) is 14.8. The van der Waals surface area contributed by atoms with Crippen molar-refractivity contribution in [2.75, 3.05) is 23.7 Å². The van der Waals surface area contributed by atoms with E-state index in [2.05, 4.69) is 4.74 Å². The number of ether oxygens (including phenoxy) is 2. The molecule has 0 amide bonds. The van der Waals surface area contributed by atoms with Crippen molar-refractivity contribution in [2.45, 2.75) is 13.0 Å². The Bertz CT molecular complexity index is 970. The first-order chi connectivity index (χ1) is 12.9. The van der Waals surface area contributed by atoms with Crippen LogP contribution in [0.25, 0.3) is 0 Å². The number of methoxy groups -OCH3 is 1. The number of benzene rings is 2. The Labute approximate surface area is 157 Å². The Morgan fingerprint density at radius 2 is 1.74 bits per heavy atom. The first-order valence-corrected chi connectivity index (χ1v) is 9.96. The van der Waals surface area contributed by atoms with Crippen molar-refractivity contribution in [2.24, 2.45) is 0 Å². The maximum atomic E-state index is 12.3. The summed E-state index contributed by atoms with van der Waals surface area (Å²) in [5, 5.41) is 0. The van der Waals surface area contributed by atoms with Crippen LogP contribution in [0.2, 0.25) is 0 Å². The molecule has 3 rings (SSSR count). The lowest BCUT2D eigenvalue weighted by atomic mass is 10.1. The fraction of sp³-hybridized carbons (Fsp3) is 0.263. The molecule has 1 saturated heterocycles. The van der Waals surface area contributed by atoms with Crippen LogP contribution >= 0.6 is 0 Å². The standard InChI is InChI=1S/C19H19NO6S/c1-25-18(21)15-6-2-5-14(11-15)13-26-19(22)16-7-3-8-17(12-16)20-9-4-10-27(20,23)24/h2-3,5-8,11-12H,4,9-10,13H2,1H3. The highest BCUT2D eigenvalue weighted by molar-refractivity contribution is 7.93. The molecule has 8 heteroatoms. The van der Waals surface area contributed by atoms with Gasteiger partial charge in [0.25, 0.3) is 0 Å². The molecule has 0 N–H and O–H groups in total. The van der Waals surface area contributed by atoms with Crippen molar-refractivity contribution in [3.8, 4) is 0 Å². The van der Waals surface area contributed by atoms with Crippen molar-refractivity contribution in [1.29, 1.82) is 0 Å². The molecular weight excluding hydrogens is 370 g/mol. The average molecular weight is 389 g/mol. The Morgan fingerprint density at radius 1 is 1.04 bits per heavy atom. The molecule has 2 aromatic carbocycles. The van der Waals surface area contributed by atoms with Crippen LogP contribution in [0.15, 0.2) is 48.5 Å². The second-order valence-electron chi connectivity index (χ2n) is 6.06. The van der Waals surface area contributed by atoms with Crippen molar-refractivity contribution in [3.05, 3.63) is 65.2 Å². The number of nitrogens with zero attached hydrogens (tertiary/aromatic N) is 1. The number of hydrogen-bond donors (Lipinski definition) is 0. The molecule has 1 aliphatic rings. The minimum atomic E-state index is -3.32. The van der Waals surface area contributed by atoms with Gasteiger partial charge in [-0.15, -0.1) is 0 Å². The summed E-state index contributed by atoms with van der Waals surface area (Å²) in [6.45, 7) is 0.386. The molecule has 0 atom stereocenters. The quantitative estimate of drug-likeness (QED) is 0.730. The lowest BCUT2D eigenvalue weighted by Gasteiger charge is -2.17. The monoisotopic (exact) mass is 389 g/mol. The molecule has 142 valence electrons. The lowest BCUT2D eigenvalue weighted by molar-refractivity contribution is 0.0472. The number of rotatable bonds is 5. The van der Waals surface area contributed by atoms with Crippen LogP contribution in [-0.4, -0.2) is 39.8 Å². The molecule has 1 heterocycles. The second kappa shape index (κ2) is 7.79. The maximum Gasteiger partial charge on any atom is 0.338 e. The van der Waals surface area contributed by atoms with Crippen LogP contribution < -0.4 is 4.31 Å². The summed E-state index contributed by atoms with van der Waals surface area (Å²) in [6, 6.07) is 13.0. The maximum absolute atomic E-state index is 12.3. The SMILES string of the molecule is COC(=O)c1cccc(COC(=O)c2cccc(N3CCCS3(=O)=O)c2)c1. The van der Waals surface area contributed by atoms with E-state index in [0.29, 0.717) is 29.8 Å². The van der Waals surface area contributed by atoms with Gasteiger partial charge in [-0.3, -0.25) is 4.31 Å². The fourth-order valence-electron chi connectivity index (χ4n) is 2.86. The summed E-state index contributed by atoms with van der Waals surface area (Å²) in [6.07, 6.45) is 0.563. The van der Waals surface area contributed by atoms with E-state index in [9.17, 15) is 18.0 Å². The molecule has 0 aliphatic carbocycles. The Hall–Kier alpha value is -2.87. The third-order valence-corrected chi connectivity index (χ3v) is 6.06. The van der Waals surface area contributed by atoms with Crippen LogP contribution in [0.4, 0.5) is 5.69 Å². The molecule has 0 saturated carbocycles. The van der Waals surface area contributed by atoms with Crippen molar-refractivity contribution >= 4 is 27.6 Å². The van der Waals surface area contributed by atoms with Gasteiger partial charge >= 0.3 is 11.9 Å². The molecule has 7 nitrogen and oxygen atoms in total. The summed E-state index contributed by atoms with van der Waals surface area (Å²) in [7, 11) is -2.02. The average Bonchev–Trinajstić information content (AvgIpc) is 3.04. The van der Waals surface area contributed by atoms with Crippen molar-refractivity contribution in [1.82, 2.24) is 0 Å². The summed E-state index contributed by atoms with van der Waals surface area (Å²) >= 11 is 0. The highest BCUT2D eigenvalue weighted by Gasteiger charge is 2.28. The number of hydrogen-bond acceptors (Lipinski definition) is 6. The van der Waals surface area contributed by atoms with E-state index in [1.807, 2.05) is 0 Å². The van der Waals surface area contributed by atoms with Gasteiger partial charge in [-0.05, 0) is 42.3 Å². The Balaban J connectivity index is 1.70. The topological polar surface area (TPSA) is 90.0 Å². The second-order valence-corrected chi connectivity index (χ2v) is 8.07. The highest BCUT2D eigenvalue weighted by Crippen LogP contribution is 2.25. The number of carbonyl (C=O) groups is 2. The van der Waals surface area contributed by atoms with Crippen LogP contribution in [0.3, 0.4) is 0 Å². The summed E-state index contributed by atoms with van der Waals surface area (Å²) in [4.78, 5) is 23.9. The number of anilines is 1. The molecule has 1 fully saturated rings. The minimum Gasteiger partial charge on any atom is -0.465 e. The summed E-state index contributed by atoms with van der Waals surface area (Å²) in [5.41, 5.74) is 1.73. The molecule has 0 radical (unpaired) electrons. The smallest absolute Gasteiger partial charge is 0.338 e. The van der Waals surface area contributed by atoms with Gasteiger partial charge in [0, 0.05) is 6.54 Å². The van der Waals surface area contributed by atoms with E-state index >= 15 is 0 Å². The number of sulfonamides is 1. The highest BCUT2D eigenvalue weighted by atomic mass is 32.2. The Kier molecular flexibility index (Phi) is 5.46. The molecule has 1 aliphatic heterocycles. The fourth-order valence-corrected chi connectivity index (χ4v) is 4.41. The van der Waals surface area contributed by atoms with Crippen LogP contribution in [0.5, 0.6) is 0 Å². The Morgan fingerprint density at radius 3 is 2.41 bits per heavy atom. The number of esters is 2. The van der Waals surface area contributed by atoms with E-state index in [4.69, 9.17) is 4.74 Å². The largest absolute Gasteiger partial charge is 0.465 e. The third-order valence-electron chi connectivity index (χ3n) is 4.19. The van der Waals surface area contributed by atoms with Crippen LogP contribution in [0.1, 0.15) is 32.7 Å². The van der Waals surface area contributed by atoms with E-state index < -0.39 is 22.0 Å². The van der Waals surface area contributed by atoms with E-state index in [-0.39, 0.29) is 17.9 Å². The van der Waals surface area contributed by atoms with Gasteiger partial charge in [0.2, 0.25) is 10.0 Å². The normalized spacial score (nSPS) is 15.4. The number of carbonyl (C=O) groups excluding carboxylic acids is 2. The van der Waals surface area contributed by atoms with Gasteiger partial charge in [0.05, 0.1) is 29.7 Å². The molecule has 2 aromatic rings. The minimum absolute atomic E-state index is 0.0179. The van der Waals surface area contributed by atoms with Crippen LogP contribution in [-0.2, 0) is 26.1 Å². The van der Waals surface area contributed by atoms with Gasteiger partial charge in [-0.2, -0.15) is 0 Å². The lowest BCUT2D eigenvalue weighted by Crippen LogP contribution is -2.25. The van der Waals surface area contributed by atoms with E-state index in [1.165, 1.54) is 17.5 Å². The van der Waals surface area contributed by atoms with Gasteiger partial charge in [-0.1, -0.05) is 18.2 Å². The van der Waals surface area contributed by atoms with Crippen molar-refractivity contribution in [3.63, 3.8) is 0 Å². The first-order valence-electron chi connectivity index (χ1n) is 8.35. The van der Waals surface area contributed by atoms with Gasteiger partial charge in [-0.25, -0.2) is 18.0 Å². The van der Waals surface area contributed by atoms with Gasteiger partial charge in [0.15, 0.2) is 0 Å². The zero-order chi connectivity index (χ0) is 19.4. The van der Waals surface area contributed by atoms with Crippen molar-refractivity contribution < 1.29 is 27.5 Å². The molecule has 0 bridgehead atoms. The molecular formula is C19H19NO6S. The molecule has 0 aromatic heterocycles. The predicted octanol–water partition coefficient (Wildman–Crippen LogP) is 2.37. The van der Waals surface area contributed by atoms with Crippen LogP contribution in [0, 0.1) is 0 Å². The molecule has 0 spiro atoms. The first kappa shape index (κ1) is 18.9. The zero-order valence-corrected chi connectivity index (χ0v) is 15.6. The van der Waals surface area contributed by atoms with E-state index in [1.54, 1.807) is 42.5 Å². The third kappa shape index (κ3) is 4.28. The molecule has 27 heavy (non-hydrogen) atoms. The summed E-state index contributed by atoms with van der Waals surface area (Å²) in [5.74, 6) is -0.933.